The second-order valence-electron chi connectivity index (χ2n) is 12.4. The number of fused-ring (bicyclic) bond motifs is 2. The molecule has 1 saturated carbocycles. The quantitative estimate of drug-likeness (QED) is 0.301. The SMILES string of the molecule is CC(Cc1cccc(CN/C2=C/C(c3ccccc3C3CCC3)=C\C3=C(Br)C=NC3CC2)c1)C(=O)C1=C2C=C2C=CC=C1. The molecule has 0 spiro atoms. The predicted octanol–water partition coefficient (Wildman–Crippen LogP) is 9.02. The van der Waals surface area contributed by atoms with Gasteiger partial charge in [0.1, 0.15) is 0 Å². The first kappa shape index (κ1) is 28.0. The molecule has 2 aromatic rings. The van der Waals surface area contributed by atoms with Crippen LogP contribution in [0.25, 0.3) is 5.57 Å². The molecule has 3 nitrogen and oxygen atoms in total. The molecule has 2 aromatic carbocycles. The second-order valence-corrected chi connectivity index (χ2v) is 13.3. The van der Waals surface area contributed by atoms with Crippen molar-refractivity contribution < 1.29 is 4.79 Å². The number of Topliss-reactive ketones (excluding diaryl/α,β-unsaturated/α-hetero) is 1. The van der Waals surface area contributed by atoms with Crippen LogP contribution in [0.5, 0.6) is 0 Å². The fourth-order valence-corrected chi connectivity index (χ4v) is 7.15. The van der Waals surface area contributed by atoms with Crippen molar-refractivity contribution in [3.63, 3.8) is 0 Å². The number of aliphatic imine (C=N–C) groups is 1. The van der Waals surface area contributed by atoms with Crippen molar-refractivity contribution in [3.05, 3.63) is 146 Å². The summed E-state index contributed by atoms with van der Waals surface area (Å²) in [4.78, 5) is 18.1. The lowest BCUT2D eigenvalue weighted by Gasteiger charge is -2.29. The van der Waals surface area contributed by atoms with E-state index >= 15 is 0 Å². The lowest BCUT2D eigenvalue weighted by molar-refractivity contribution is -0.118. The minimum atomic E-state index is -0.0750. The van der Waals surface area contributed by atoms with Gasteiger partial charge in [-0.1, -0.05) is 86.2 Å². The van der Waals surface area contributed by atoms with E-state index in [-0.39, 0.29) is 17.7 Å². The minimum absolute atomic E-state index is 0.0750. The summed E-state index contributed by atoms with van der Waals surface area (Å²) >= 11 is 3.77. The van der Waals surface area contributed by atoms with E-state index in [1.807, 2.05) is 24.4 Å². The summed E-state index contributed by atoms with van der Waals surface area (Å²) in [6, 6.07) is 17.9. The molecule has 7 rings (SSSR count). The monoisotopic (exact) mass is 628 g/mol. The molecule has 0 bridgehead atoms. The first-order valence-corrected chi connectivity index (χ1v) is 16.4. The average molecular weight is 630 g/mol. The number of allylic oxidation sites excluding steroid dienone is 12. The third kappa shape index (κ3) is 6.03. The molecule has 5 aliphatic rings. The van der Waals surface area contributed by atoms with Crippen LogP contribution >= 0.6 is 15.9 Å². The molecule has 1 aliphatic heterocycles. The highest BCUT2D eigenvalue weighted by Crippen LogP contribution is 2.42. The van der Waals surface area contributed by atoms with Crippen LogP contribution in [-0.4, -0.2) is 18.0 Å². The van der Waals surface area contributed by atoms with Crippen LogP contribution in [0.2, 0.25) is 0 Å². The summed E-state index contributed by atoms with van der Waals surface area (Å²) in [6.45, 7) is 2.80. The molecule has 0 amide bonds. The van der Waals surface area contributed by atoms with Crippen LogP contribution < -0.4 is 5.32 Å². The van der Waals surface area contributed by atoms with Gasteiger partial charge in [0.15, 0.2) is 5.78 Å². The van der Waals surface area contributed by atoms with Gasteiger partial charge in [0.05, 0.1) is 6.04 Å². The van der Waals surface area contributed by atoms with Gasteiger partial charge in [-0.2, -0.15) is 0 Å². The van der Waals surface area contributed by atoms with Gasteiger partial charge in [-0.15, -0.1) is 0 Å². The molecule has 1 fully saturated rings. The largest absolute Gasteiger partial charge is 0.384 e. The predicted molar refractivity (Wildman–Crippen MR) is 181 cm³/mol. The van der Waals surface area contributed by atoms with E-state index in [2.05, 4.69) is 101 Å². The lowest BCUT2D eigenvalue weighted by atomic mass is 9.76. The molecule has 4 heteroatoms. The van der Waals surface area contributed by atoms with E-state index in [0.717, 1.165) is 41.4 Å². The zero-order valence-electron chi connectivity index (χ0n) is 24.7. The van der Waals surface area contributed by atoms with Gasteiger partial charge < -0.3 is 5.32 Å². The zero-order valence-corrected chi connectivity index (χ0v) is 26.2. The third-order valence-corrected chi connectivity index (χ3v) is 10.0. The van der Waals surface area contributed by atoms with Crippen molar-refractivity contribution in [2.24, 2.45) is 10.9 Å². The fraction of sp³-hybridized carbons (Fsp3) is 0.282. The maximum atomic E-state index is 13.3. The number of nitrogens with zero attached hydrogens (tertiary/aromatic N) is 1. The molecule has 216 valence electrons. The summed E-state index contributed by atoms with van der Waals surface area (Å²) in [7, 11) is 0. The molecule has 4 aliphatic carbocycles. The highest BCUT2D eigenvalue weighted by Gasteiger charge is 2.27. The average Bonchev–Trinajstić information content (AvgIpc) is 3.69. The molecule has 1 N–H and O–H groups in total. The Balaban J connectivity index is 1.09. The van der Waals surface area contributed by atoms with E-state index in [1.165, 1.54) is 63.9 Å². The molecular weight excluding hydrogens is 592 g/mol. The third-order valence-electron chi connectivity index (χ3n) is 9.38. The standard InChI is InChI=1S/C39H37BrN2O/c1-25(39(43)34-15-3-2-10-29-21-35(29)34)18-26-8-6-9-27(19-26)23-41-31-16-17-38-36(37(40)24-42-38)22-30(20-31)33-14-5-4-13-32(33)28-11-7-12-28/h2-6,8-10,13-15,19-22,24-25,28,38,41H,7,11-12,16-18,23H2,1H3/b30-22+,31-20+. The van der Waals surface area contributed by atoms with E-state index in [4.69, 9.17) is 4.99 Å². The van der Waals surface area contributed by atoms with Gasteiger partial charge in [0, 0.05) is 34.4 Å². The van der Waals surface area contributed by atoms with E-state index < -0.39 is 0 Å². The summed E-state index contributed by atoms with van der Waals surface area (Å²) in [5.41, 5.74) is 12.2. The number of benzene rings is 2. The van der Waals surface area contributed by atoms with Gasteiger partial charge >= 0.3 is 0 Å². The van der Waals surface area contributed by atoms with Crippen LogP contribution in [-0.2, 0) is 17.8 Å². The summed E-state index contributed by atoms with van der Waals surface area (Å²) in [5.74, 6) is 0.807. The van der Waals surface area contributed by atoms with Crippen molar-refractivity contribution in [1.82, 2.24) is 5.32 Å². The van der Waals surface area contributed by atoms with E-state index in [9.17, 15) is 4.79 Å². The number of rotatable bonds is 9. The lowest BCUT2D eigenvalue weighted by Crippen LogP contribution is -2.18. The van der Waals surface area contributed by atoms with E-state index in [1.54, 1.807) is 0 Å². The summed E-state index contributed by atoms with van der Waals surface area (Å²) < 4.78 is 1.10. The molecule has 1 heterocycles. The van der Waals surface area contributed by atoms with Gasteiger partial charge in [0.25, 0.3) is 0 Å². The number of carbonyl (C=O) groups is 1. The molecule has 0 saturated heterocycles. The summed E-state index contributed by atoms with van der Waals surface area (Å²) in [6.07, 6.45) is 23.3. The number of hydrogen-bond acceptors (Lipinski definition) is 3. The van der Waals surface area contributed by atoms with Gasteiger partial charge in [0.2, 0.25) is 0 Å². The Morgan fingerprint density at radius 2 is 1.81 bits per heavy atom. The van der Waals surface area contributed by atoms with Crippen molar-refractivity contribution >= 4 is 33.5 Å². The van der Waals surface area contributed by atoms with Crippen LogP contribution in [0.1, 0.15) is 67.2 Å². The number of nitrogens with one attached hydrogen (secondary N) is 1. The Kier molecular flexibility index (Phi) is 7.88. The first-order valence-electron chi connectivity index (χ1n) is 15.6. The van der Waals surface area contributed by atoms with Crippen LogP contribution in [0.15, 0.2) is 129 Å². The highest BCUT2D eigenvalue weighted by molar-refractivity contribution is 9.12. The second kappa shape index (κ2) is 12.1. The number of ketones is 1. The molecule has 43 heavy (non-hydrogen) atoms. The maximum absolute atomic E-state index is 13.3. The Morgan fingerprint density at radius 3 is 2.67 bits per heavy atom. The van der Waals surface area contributed by atoms with Gasteiger partial charge in [-0.05, 0) is 117 Å². The van der Waals surface area contributed by atoms with Crippen LogP contribution in [0.3, 0.4) is 0 Å². The number of hydrogen-bond donors (Lipinski definition) is 1. The Labute approximate surface area is 263 Å². The Morgan fingerprint density at radius 1 is 0.977 bits per heavy atom. The highest BCUT2D eigenvalue weighted by atomic mass is 79.9. The number of halogens is 1. The molecule has 0 radical (unpaired) electrons. The Bertz CT molecular complexity index is 1720. The number of carbonyl (C=O) groups excluding carboxylic acids is 1. The Hall–Kier alpha value is -3.76. The minimum Gasteiger partial charge on any atom is -0.384 e. The molecule has 2 unspecified atom stereocenters. The van der Waals surface area contributed by atoms with E-state index in [0.29, 0.717) is 5.92 Å². The molecule has 2 atom stereocenters. The van der Waals surface area contributed by atoms with Crippen molar-refractivity contribution in [2.75, 3.05) is 0 Å². The molecule has 0 aromatic heterocycles. The van der Waals surface area contributed by atoms with Crippen molar-refractivity contribution in [2.45, 2.75) is 64.0 Å². The fourth-order valence-electron chi connectivity index (χ4n) is 6.66. The van der Waals surface area contributed by atoms with Crippen LogP contribution in [0.4, 0.5) is 0 Å². The maximum Gasteiger partial charge on any atom is 0.166 e. The summed E-state index contributed by atoms with van der Waals surface area (Å²) in [5, 5.41) is 3.79. The normalized spacial score (nSPS) is 24.0. The van der Waals surface area contributed by atoms with Gasteiger partial charge in [-0.3, -0.25) is 9.79 Å². The van der Waals surface area contributed by atoms with Gasteiger partial charge in [-0.25, -0.2) is 0 Å². The first-order chi connectivity index (χ1) is 21.0. The van der Waals surface area contributed by atoms with Crippen molar-refractivity contribution in [1.29, 1.82) is 0 Å². The smallest absolute Gasteiger partial charge is 0.166 e. The van der Waals surface area contributed by atoms with Crippen LogP contribution in [0, 0.1) is 5.92 Å². The zero-order chi connectivity index (χ0) is 29.3. The molecular formula is C39H37BrN2O. The topological polar surface area (TPSA) is 41.5 Å². The van der Waals surface area contributed by atoms with Crippen molar-refractivity contribution in [3.8, 4) is 0 Å².